The summed E-state index contributed by atoms with van der Waals surface area (Å²) in [6.07, 6.45) is 0.848. The predicted octanol–water partition coefficient (Wildman–Crippen LogP) is 1.89. The fourth-order valence-corrected chi connectivity index (χ4v) is 1.65. The highest BCUT2D eigenvalue weighted by molar-refractivity contribution is 5.94. The third-order valence-corrected chi connectivity index (χ3v) is 3.54. The molecular formula is C16H26ClN3O3. The van der Waals surface area contributed by atoms with Crippen molar-refractivity contribution in [3.8, 4) is 5.75 Å². The van der Waals surface area contributed by atoms with Gasteiger partial charge >= 0.3 is 0 Å². The standard InChI is InChI=1S/C16H25N3O3.ClH/c1-5-11(2)15(17)16(21)18-12-6-8-13(9-7-12)22-10-14(20)19(3)4;/h6-9,11,15H,5,10,17H2,1-4H3,(H,18,21);1H. The summed E-state index contributed by atoms with van der Waals surface area (Å²) in [4.78, 5) is 24.9. The van der Waals surface area contributed by atoms with Gasteiger partial charge in [0.2, 0.25) is 5.91 Å². The summed E-state index contributed by atoms with van der Waals surface area (Å²) in [6.45, 7) is 3.93. The number of rotatable bonds is 7. The first-order chi connectivity index (χ1) is 10.3. The second kappa shape index (κ2) is 10.1. The zero-order valence-electron chi connectivity index (χ0n) is 14.0. The molecule has 3 N–H and O–H groups in total. The predicted molar refractivity (Wildman–Crippen MR) is 93.9 cm³/mol. The quantitative estimate of drug-likeness (QED) is 0.791. The number of nitrogens with zero attached hydrogens (tertiary/aromatic N) is 1. The van der Waals surface area contributed by atoms with E-state index in [9.17, 15) is 9.59 Å². The monoisotopic (exact) mass is 343 g/mol. The Morgan fingerprint density at radius 3 is 2.30 bits per heavy atom. The number of nitrogens with two attached hydrogens (primary N) is 1. The van der Waals surface area contributed by atoms with E-state index in [4.69, 9.17) is 10.5 Å². The number of benzene rings is 1. The Hall–Kier alpha value is -1.79. The maximum Gasteiger partial charge on any atom is 0.259 e. The smallest absolute Gasteiger partial charge is 0.259 e. The van der Waals surface area contributed by atoms with Crippen molar-refractivity contribution in [1.29, 1.82) is 0 Å². The van der Waals surface area contributed by atoms with E-state index in [1.807, 2.05) is 13.8 Å². The number of halogens is 1. The molecular weight excluding hydrogens is 318 g/mol. The Morgan fingerprint density at radius 2 is 1.83 bits per heavy atom. The molecule has 2 unspecified atom stereocenters. The van der Waals surface area contributed by atoms with Gasteiger partial charge in [0.05, 0.1) is 6.04 Å². The van der Waals surface area contributed by atoms with Crippen LogP contribution in [0.25, 0.3) is 0 Å². The van der Waals surface area contributed by atoms with E-state index >= 15 is 0 Å². The lowest BCUT2D eigenvalue weighted by Gasteiger charge is -2.17. The number of likely N-dealkylation sites (N-methyl/N-ethyl adjacent to an activating group) is 1. The molecule has 0 bridgehead atoms. The van der Waals surface area contributed by atoms with E-state index in [1.54, 1.807) is 38.4 Å². The highest BCUT2D eigenvalue weighted by Gasteiger charge is 2.19. The molecule has 1 aromatic carbocycles. The molecule has 7 heteroatoms. The Balaban J connectivity index is 0.00000484. The SMILES string of the molecule is CCC(C)C(N)C(=O)Nc1ccc(OCC(=O)N(C)C)cc1.Cl. The number of carbonyl (C=O) groups excluding carboxylic acids is 2. The van der Waals surface area contributed by atoms with Crippen molar-refractivity contribution in [2.24, 2.45) is 11.7 Å². The number of amides is 2. The minimum Gasteiger partial charge on any atom is -0.484 e. The molecule has 2 amide bonds. The lowest BCUT2D eigenvalue weighted by atomic mass is 9.99. The van der Waals surface area contributed by atoms with Crippen molar-refractivity contribution in [1.82, 2.24) is 4.90 Å². The van der Waals surface area contributed by atoms with Crippen molar-refractivity contribution in [2.75, 3.05) is 26.0 Å². The number of hydrogen-bond acceptors (Lipinski definition) is 4. The lowest BCUT2D eigenvalue weighted by molar-refractivity contribution is -0.130. The van der Waals surface area contributed by atoms with Crippen LogP contribution in [-0.4, -0.2) is 43.5 Å². The van der Waals surface area contributed by atoms with Gasteiger partial charge in [-0.05, 0) is 30.2 Å². The van der Waals surface area contributed by atoms with Crippen LogP contribution < -0.4 is 15.8 Å². The molecule has 0 spiro atoms. The lowest BCUT2D eigenvalue weighted by Crippen LogP contribution is -2.40. The van der Waals surface area contributed by atoms with Gasteiger partial charge in [-0.2, -0.15) is 0 Å². The van der Waals surface area contributed by atoms with Gasteiger partial charge < -0.3 is 20.7 Å². The normalized spacial score (nSPS) is 12.6. The zero-order chi connectivity index (χ0) is 16.7. The minimum absolute atomic E-state index is 0. The molecule has 130 valence electrons. The summed E-state index contributed by atoms with van der Waals surface area (Å²) in [5, 5.41) is 2.77. The molecule has 0 fully saturated rings. The van der Waals surface area contributed by atoms with Crippen LogP contribution in [0.2, 0.25) is 0 Å². The van der Waals surface area contributed by atoms with Crippen LogP contribution in [0.4, 0.5) is 5.69 Å². The summed E-state index contributed by atoms with van der Waals surface area (Å²) in [6, 6.07) is 6.31. The summed E-state index contributed by atoms with van der Waals surface area (Å²) in [5.74, 6) is 0.377. The molecule has 1 aromatic rings. The van der Waals surface area contributed by atoms with Gasteiger partial charge in [-0.3, -0.25) is 9.59 Å². The van der Waals surface area contributed by atoms with Gasteiger partial charge in [0, 0.05) is 19.8 Å². The summed E-state index contributed by atoms with van der Waals surface area (Å²) < 4.78 is 5.36. The molecule has 0 saturated carbocycles. The van der Waals surface area contributed by atoms with Crippen LogP contribution in [0.15, 0.2) is 24.3 Å². The third-order valence-electron chi connectivity index (χ3n) is 3.54. The maximum atomic E-state index is 12.0. The van der Waals surface area contributed by atoms with Crippen LogP contribution >= 0.6 is 12.4 Å². The van der Waals surface area contributed by atoms with Crippen LogP contribution in [0, 0.1) is 5.92 Å². The number of ether oxygens (including phenoxy) is 1. The molecule has 0 radical (unpaired) electrons. The fourth-order valence-electron chi connectivity index (χ4n) is 1.65. The van der Waals surface area contributed by atoms with Crippen molar-refractivity contribution >= 4 is 29.9 Å². The number of anilines is 1. The van der Waals surface area contributed by atoms with Gasteiger partial charge in [-0.1, -0.05) is 20.3 Å². The summed E-state index contributed by atoms with van der Waals surface area (Å²) >= 11 is 0. The highest BCUT2D eigenvalue weighted by Crippen LogP contribution is 2.16. The van der Waals surface area contributed by atoms with Gasteiger partial charge in [-0.15, -0.1) is 12.4 Å². The van der Waals surface area contributed by atoms with E-state index in [-0.39, 0.29) is 36.7 Å². The number of nitrogens with one attached hydrogen (secondary N) is 1. The van der Waals surface area contributed by atoms with E-state index in [1.165, 1.54) is 4.90 Å². The highest BCUT2D eigenvalue weighted by atomic mass is 35.5. The molecule has 0 heterocycles. The Labute approximate surface area is 143 Å². The van der Waals surface area contributed by atoms with Crippen molar-refractivity contribution < 1.29 is 14.3 Å². The van der Waals surface area contributed by atoms with Gasteiger partial charge in [0.15, 0.2) is 6.61 Å². The number of hydrogen-bond donors (Lipinski definition) is 2. The average Bonchev–Trinajstić information content (AvgIpc) is 2.52. The largest absolute Gasteiger partial charge is 0.484 e. The van der Waals surface area contributed by atoms with Crippen molar-refractivity contribution in [2.45, 2.75) is 26.3 Å². The summed E-state index contributed by atoms with van der Waals surface area (Å²) in [7, 11) is 3.34. The average molecular weight is 344 g/mol. The first kappa shape index (κ1) is 21.2. The zero-order valence-corrected chi connectivity index (χ0v) is 14.9. The van der Waals surface area contributed by atoms with E-state index in [0.717, 1.165) is 6.42 Å². The first-order valence-electron chi connectivity index (χ1n) is 7.34. The van der Waals surface area contributed by atoms with Crippen molar-refractivity contribution in [3.05, 3.63) is 24.3 Å². The second-order valence-electron chi connectivity index (χ2n) is 5.50. The van der Waals surface area contributed by atoms with Gasteiger partial charge in [0.1, 0.15) is 5.75 Å². The molecule has 23 heavy (non-hydrogen) atoms. The Kier molecular flexibility index (Phi) is 9.29. The topological polar surface area (TPSA) is 84.7 Å². The molecule has 1 rings (SSSR count). The van der Waals surface area contributed by atoms with Gasteiger partial charge in [0.25, 0.3) is 5.91 Å². The molecule has 0 aliphatic rings. The number of carbonyl (C=O) groups is 2. The molecule has 0 saturated heterocycles. The third kappa shape index (κ3) is 6.88. The fraction of sp³-hybridized carbons (Fsp3) is 0.500. The van der Waals surface area contributed by atoms with Crippen LogP contribution in [0.1, 0.15) is 20.3 Å². The Morgan fingerprint density at radius 1 is 1.26 bits per heavy atom. The first-order valence-corrected chi connectivity index (χ1v) is 7.34. The molecule has 0 aromatic heterocycles. The second-order valence-corrected chi connectivity index (χ2v) is 5.50. The maximum absolute atomic E-state index is 12.0. The molecule has 0 aliphatic carbocycles. The molecule has 0 aliphatic heterocycles. The Bertz CT molecular complexity index is 506. The van der Waals surface area contributed by atoms with Crippen molar-refractivity contribution in [3.63, 3.8) is 0 Å². The van der Waals surface area contributed by atoms with Gasteiger partial charge in [-0.25, -0.2) is 0 Å². The van der Waals surface area contributed by atoms with E-state index in [0.29, 0.717) is 11.4 Å². The minimum atomic E-state index is -0.529. The van der Waals surface area contributed by atoms with Crippen LogP contribution in [0.3, 0.4) is 0 Å². The molecule has 2 atom stereocenters. The van der Waals surface area contributed by atoms with E-state index < -0.39 is 6.04 Å². The molecule has 6 nitrogen and oxygen atoms in total. The van der Waals surface area contributed by atoms with Crippen LogP contribution in [-0.2, 0) is 9.59 Å². The summed E-state index contributed by atoms with van der Waals surface area (Å²) in [5.41, 5.74) is 6.53. The van der Waals surface area contributed by atoms with Crippen LogP contribution in [0.5, 0.6) is 5.75 Å². The van der Waals surface area contributed by atoms with E-state index in [2.05, 4.69) is 5.32 Å².